The van der Waals surface area contributed by atoms with E-state index in [1.807, 2.05) is 24.3 Å². The van der Waals surface area contributed by atoms with Crippen LogP contribution in [0.4, 0.5) is 0 Å². The van der Waals surface area contributed by atoms with Crippen LogP contribution >= 0.6 is 0 Å². The molecular weight excluding hydrogens is 382 g/mol. The molecule has 162 valence electrons. The van der Waals surface area contributed by atoms with Crippen LogP contribution in [0.1, 0.15) is 68.6 Å². The monoisotopic (exact) mass is 415 g/mol. The molecule has 0 saturated heterocycles. The smallest absolute Gasteiger partial charge is 0.248 e. The van der Waals surface area contributed by atoms with Gasteiger partial charge >= 0.3 is 0 Å². The Morgan fingerprint density at radius 1 is 0.903 bits per heavy atom. The third-order valence-electron chi connectivity index (χ3n) is 5.45. The molecule has 0 heterocycles. The molecule has 0 bridgehead atoms. The van der Waals surface area contributed by atoms with Crippen molar-refractivity contribution < 1.29 is 9.53 Å². The van der Waals surface area contributed by atoms with Gasteiger partial charge < -0.3 is 10.5 Å². The zero-order valence-electron chi connectivity index (χ0n) is 19.2. The first-order chi connectivity index (χ1) is 14.6. The highest BCUT2D eigenvalue weighted by atomic mass is 16.5. The number of nitrogens with two attached hydrogens (primary N) is 1. The van der Waals surface area contributed by atoms with E-state index in [2.05, 4.69) is 71.0 Å². The van der Waals surface area contributed by atoms with Crippen LogP contribution in [0, 0.1) is 5.92 Å². The van der Waals surface area contributed by atoms with Gasteiger partial charge in [0.25, 0.3) is 0 Å². The Morgan fingerprint density at radius 3 is 2.10 bits per heavy atom. The topological polar surface area (TPSA) is 52.3 Å². The molecule has 1 atom stereocenters. The van der Waals surface area contributed by atoms with Crippen molar-refractivity contribution in [1.29, 1.82) is 0 Å². The summed E-state index contributed by atoms with van der Waals surface area (Å²) < 4.78 is 6.44. The van der Waals surface area contributed by atoms with Crippen molar-refractivity contribution in [3.63, 3.8) is 0 Å². The zero-order chi connectivity index (χ0) is 22.6. The Kier molecular flexibility index (Phi) is 6.84. The molecule has 3 aromatic carbocycles. The Morgan fingerprint density at radius 2 is 1.55 bits per heavy atom. The number of hydrogen-bond donors (Lipinski definition) is 1. The predicted octanol–water partition coefficient (Wildman–Crippen LogP) is 6.92. The fourth-order valence-electron chi connectivity index (χ4n) is 3.62. The lowest BCUT2D eigenvalue weighted by atomic mass is 9.86. The number of primary amides is 1. The van der Waals surface area contributed by atoms with Gasteiger partial charge in [-0.25, -0.2) is 0 Å². The molecule has 0 spiro atoms. The molecule has 0 aliphatic rings. The molecule has 3 aromatic rings. The average Bonchev–Trinajstić information content (AvgIpc) is 2.73. The van der Waals surface area contributed by atoms with E-state index in [4.69, 9.17) is 10.5 Å². The molecule has 3 rings (SSSR count). The third-order valence-corrected chi connectivity index (χ3v) is 5.45. The summed E-state index contributed by atoms with van der Waals surface area (Å²) in [6.07, 6.45) is 0.779. The van der Waals surface area contributed by atoms with Crippen molar-refractivity contribution in [1.82, 2.24) is 0 Å². The number of rotatable bonds is 7. The highest BCUT2D eigenvalue weighted by Crippen LogP contribution is 2.32. The number of amides is 1. The van der Waals surface area contributed by atoms with Crippen molar-refractivity contribution in [2.24, 2.45) is 11.7 Å². The van der Waals surface area contributed by atoms with E-state index < -0.39 is 5.91 Å². The van der Waals surface area contributed by atoms with Gasteiger partial charge in [0.05, 0.1) is 0 Å². The summed E-state index contributed by atoms with van der Waals surface area (Å²) in [5, 5.41) is 0. The van der Waals surface area contributed by atoms with Gasteiger partial charge in [-0.3, -0.25) is 4.79 Å². The molecule has 0 aliphatic heterocycles. The van der Waals surface area contributed by atoms with E-state index in [9.17, 15) is 4.79 Å². The molecule has 0 aliphatic carbocycles. The molecule has 1 amide bonds. The second-order valence-electron chi connectivity index (χ2n) is 9.58. The van der Waals surface area contributed by atoms with Gasteiger partial charge in [-0.05, 0) is 64.3 Å². The zero-order valence-corrected chi connectivity index (χ0v) is 19.2. The maximum atomic E-state index is 11.4. The first-order valence-electron chi connectivity index (χ1n) is 10.9. The Hall–Kier alpha value is -3.07. The summed E-state index contributed by atoms with van der Waals surface area (Å²) in [6, 6.07) is 24.4. The summed E-state index contributed by atoms with van der Waals surface area (Å²) in [5.74, 6) is 0.883. The molecule has 3 nitrogen and oxygen atoms in total. The van der Waals surface area contributed by atoms with E-state index in [1.54, 1.807) is 12.1 Å². The van der Waals surface area contributed by atoms with Crippen LogP contribution in [0.2, 0.25) is 0 Å². The fraction of sp³-hybridized carbons (Fsp3) is 0.321. The molecule has 0 fully saturated rings. The molecule has 31 heavy (non-hydrogen) atoms. The predicted molar refractivity (Wildman–Crippen MR) is 128 cm³/mol. The Balaban J connectivity index is 1.84. The lowest BCUT2D eigenvalue weighted by Gasteiger charge is -2.22. The van der Waals surface area contributed by atoms with E-state index in [1.165, 1.54) is 11.1 Å². The minimum atomic E-state index is -0.418. The lowest BCUT2D eigenvalue weighted by molar-refractivity contribution is 0.1000. The average molecular weight is 416 g/mol. The summed E-state index contributed by atoms with van der Waals surface area (Å²) in [7, 11) is 0. The Bertz CT molecular complexity index is 1010. The van der Waals surface area contributed by atoms with Gasteiger partial charge in [-0.1, -0.05) is 83.1 Å². The summed E-state index contributed by atoms with van der Waals surface area (Å²) in [6.45, 7) is 11.0. The highest BCUT2D eigenvalue weighted by molar-refractivity contribution is 5.92. The third kappa shape index (κ3) is 5.97. The summed E-state index contributed by atoms with van der Waals surface area (Å²) in [4.78, 5) is 11.4. The highest BCUT2D eigenvalue weighted by Gasteiger charge is 2.17. The largest absolute Gasteiger partial charge is 0.486 e. The van der Waals surface area contributed by atoms with Crippen LogP contribution in [0.3, 0.4) is 0 Å². The van der Waals surface area contributed by atoms with E-state index >= 15 is 0 Å². The quantitative estimate of drug-likeness (QED) is 0.455. The van der Waals surface area contributed by atoms with Crippen molar-refractivity contribution in [3.8, 4) is 16.9 Å². The lowest BCUT2D eigenvalue weighted by Crippen LogP contribution is -2.13. The summed E-state index contributed by atoms with van der Waals surface area (Å²) >= 11 is 0. The second kappa shape index (κ2) is 9.38. The first-order valence-corrected chi connectivity index (χ1v) is 10.9. The van der Waals surface area contributed by atoms with Crippen molar-refractivity contribution in [3.05, 3.63) is 89.5 Å². The van der Waals surface area contributed by atoms with Crippen molar-refractivity contribution in [2.75, 3.05) is 0 Å². The van der Waals surface area contributed by atoms with E-state index in [0.717, 1.165) is 23.3 Å². The molecule has 1 unspecified atom stereocenters. The molecule has 2 N–H and O–H groups in total. The number of ether oxygens (including phenoxy) is 1. The molecule has 0 saturated carbocycles. The van der Waals surface area contributed by atoms with Crippen LogP contribution in [0.15, 0.2) is 72.8 Å². The van der Waals surface area contributed by atoms with Crippen LogP contribution in [-0.4, -0.2) is 5.91 Å². The van der Waals surface area contributed by atoms with Gasteiger partial charge in [0.1, 0.15) is 11.9 Å². The molecule has 3 heteroatoms. The second-order valence-corrected chi connectivity index (χ2v) is 9.58. The van der Waals surface area contributed by atoms with Crippen LogP contribution in [0.5, 0.6) is 5.75 Å². The van der Waals surface area contributed by atoms with E-state index in [0.29, 0.717) is 11.5 Å². The maximum Gasteiger partial charge on any atom is 0.248 e. The van der Waals surface area contributed by atoms with Gasteiger partial charge in [-0.2, -0.15) is 0 Å². The Labute approximate surface area is 186 Å². The first kappa shape index (κ1) is 22.6. The maximum absolute atomic E-state index is 11.4. The van der Waals surface area contributed by atoms with Crippen LogP contribution in [-0.2, 0) is 5.41 Å². The van der Waals surface area contributed by atoms with Crippen molar-refractivity contribution >= 4 is 5.91 Å². The van der Waals surface area contributed by atoms with Gasteiger partial charge in [0, 0.05) is 5.56 Å². The molecule has 0 aromatic heterocycles. The minimum Gasteiger partial charge on any atom is -0.486 e. The molecular formula is C28H33NO2. The SMILES string of the molecule is CC(C)CC(Oc1cccc(-c2ccc(C(C)(C)C)cc2)c1)c1ccc(C(N)=O)cc1. The van der Waals surface area contributed by atoms with E-state index in [-0.39, 0.29) is 11.5 Å². The number of carbonyl (C=O) groups excluding carboxylic acids is 1. The normalized spacial score (nSPS) is 12.6. The van der Waals surface area contributed by atoms with Crippen molar-refractivity contribution in [2.45, 2.75) is 52.6 Å². The standard InChI is InChI=1S/C28H33NO2/c1-19(2)17-26(21-9-11-22(12-10-21)27(29)30)31-25-8-6-7-23(18-25)20-13-15-24(16-14-20)28(3,4)5/h6-16,18-19,26H,17H2,1-5H3,(H2,29,30). The number of carbonyl (C=O) groups is 1. The molecule has 0 radical (unpaired) electrons. The van der Waals surface area contributed by atoms with Crippen LogP contribution < -0.4 is 10.5 Å². The van der Waals surface area contributed by atoms with Gasteiger partial charge in [0.2, 0.25) is 5.91 Å². The number of benzene rings is 3. The van der Waals surface area contributed by atoms with Crippen LogP contribution in [0.25, 0.3) is 11.1 Å². The van der Waals surface area contributed by atoms with Gasteiger partial charge in [0.15, 0.2) is 0 Å². The fourth-order valence-corrected chi connectivity index (χ4v) is 3.62. The number of hydrogen-bond acceptors (Lipinski definition) is 2. The summed E-state index contributed by atoms with van der Waals surface area (Å²) in [5.41, 5.74) is 10.7. The minimum absolute atomic E-state index is 0.0968. The van der Waals surface area contributed by atoms with Gasteiger partial charge in [-0.15, -0.1) is 0 Å².